The van der Waals surface area contributed by atoms with Gasteiger partial charge in [-0.3, -0.25) is 9.59 Å². The molecule has 4 fully saturated rings. The number of piperidine rings is 2. The van der Waals surface area contributed by atoms with Gasteiger partial charge in [-0.05, 0) is 168 Å². The molecule has 19 heteroatoms. The summed E-state index contributed by atoms with van der Waals surface area (Å²) in [4.78, 5) is 42.9. The monoisotopic (exact) mass is 1100 g/mol. The highest BCUT2D eigenvalue weighted by atomic mass is 79.9. The van der Waals surface area contributed by atoms with Crippen molar-refractivity contribution in [1.29, 1.82) is 0 Å². The number of Topliss-reactive ketones (excluding diaryl/α,β-unsaturated/α-hetero) is 1. The fourth-order valence-electron chi connectivity index (χ4n) is 9.34. The molecule has 5 aromatic rings. The third kappa shape index (κ3) is 16.3. The van der Waals surface area contributed by atoms with Crippen LogP contribution in [-0.4, -0.2) is 122 Å². The molecule has 0 saturated carbocycles. The number of thioether (sulfide) groups is 1. The van der Waals surface area contributed by atoms with E-state index in [-0.39, 0.29) is 44.1 Å². The number of rotatable bonds is 12. The van der Waals surface area contributed by atoms with Crippen LogP contribution in [0.15, 0.2) is 102 Å². The van der Waals surface area contributed by atoms with E-state index in [0.29, 0.717) is 31.4 Å². The van der Waals surface area contributed by atoms with Crippen molar-refractivity contribution >= 4 is 117 Å². The largest absolute Gasteiger partial charge is 0.508 e. The molecule has 71 heavy (non-hydrogen) atoms. The summed E-state index contributed by atoms with van der Waals surface area (Å²) in [5.41, 5.74) is 17.1. The molecule has 380 valence electrons. The van der Waals surface area contributed by atoms with Crippen molar-refractivity contribution in [2.24, 2.45) is 10.7 Å². The first-order valence-corrected chi connectivity index (χ1v) is 27.5. The number of alkyl halides is 1. The lowest BCUT2D eigenvalue weighted by atomic mass is 10.0. The zero-order chi connectivity index (χ0) is 49.4. The summed E-state index contributed by atoms with van der Waals surface area (Å²) in [6.45, 7) is 11.7. The Morgan fingerprint density at radius 1 is 0.761 bits per heavy atom. The number of hydrogen-bond acceptors (Lipinski definition) is 14. The molecule has 1 aromatic heterocycles. The predicted octanol–water partition coefficient (Wildman–Crippen LogP) is 10.0. The number of aromatic nitrogens is 1. The quantitative estimate of drug-likeness (QED) is 0.0173. The Hall–Kier alpha value is -4.81. The summed E-state index contributed by atoms with van der Waals surface area (Å²) in [6, 6.07) is 30.9. The molecule has 4 aliphatic heterocycles. The van der Waals surface area contributed by atoms with Crippen molar-refractivity contribution in [3.05, 3.63) is 113 Å². The molecule has 0 bridgehead atoms. The molecular formula is C52H68BrN10O4PS3. The van der Waals surface area contributed by atoms with Crippen molar-refractivity contribution < 1.29 is 19.8 Å². The molecule has 4 aromatic carbocycles. The average Bonchev–Trinajstić information content (AvgIpc) is 4.19. The SMILES string of the molecule is CCSC(N)=NC(=S)Nc1ccc(N2CCC(N3CCCC3)CC2)cc1.Nc1nc(Nc2ccc(N3CCC(N4CCCC4)CC3)cc2)sc1C(=O)c1cccc(O)c1.O=C(CBr)c1cccc(O)c1.P. The Labute approximate surface area is 443 Å². The van der Waals surface area contributed by atoms with E-state index >= 15 is 0 Å². The maximum absolute atomic E-state index is 12.8. The molecular weight excluding hydrogens is 1040 g/mol. The lowest BCUT2D eigenvalue weighted by molar-refractivity contribution is 0.102. The van der Waals surface area contributed by atoms with Crippen molar-refractivity contribution in [2.45, 2.75) is 70.4 Å². The van der Waals surface area contributed by atoms with Crippen LogP contribution in [0.1, 0.15) is 83.9 Å². The molecule has 14 nitrogen and oxygen atoms in total. The van der Waals surface area contributed by atoms with Crippen molar-refractivity contribution in [3.63, 3.8) is 0 Å². The highest BCUT2D eigenvalue weighted by Crippen LogP contribution is 2.32. The van der Waals surface area contributed by atoms with Gasteiger partial charge in [-0.15, -0.1) is 0 Å². The van der Waals surface area contributed by atoms with Gasteiger partial charge in [0, 0.05) is 72.1 Å². The Kier molecular flexibility index (Phi) is 21.8. The Bertz CT molecular complexity index is 2530. The van der Waals surface area contributed by atoms with E-state index in [4.69, 9.17) is 28.8 Å². The number of nitrogen functional groups attached to an aromatic ring is 1. The average molecular weight is 1100 g/mol. The number of nitrogens with one attached hydrogen (secondary N) is 2. The number of aliphatic imine (C=N–C) groups is 1. The number of hydrogen-bond donors (Lipinski definition) is 6. The minimum Gasteiger partial charge on any atom is -0.508 e. The number of anilines is 6. The molecule has 0 aliphatic carbocycles. The number of nitrogens with zero attached hydrogens (tertiary/aromatic N) is 6. The van der Waals surface area contributed by atoms with E-state index < -0.39 is 0 Å². The second kappa shape index (κ2) is 27.9. The van der Waals surface area contributed by atoms with Gasteiger partial charge in [0.15, 0.2) is 21.2 Å². The summed E-state index contributed by atoms with van der Waals surface area (Å²) < 4.78 is 0. The van der Waals surface area contributed by atoms with E-state index in [1.165, 1.54) is 136 Å². The Morgan fingerprint density at radius 3 is 1.72 bits per heavy atom. The van der Waals surface area contributed by atoms with E-state index in [2.05, 4.69) is 92.5 Å². The van der Waals surface area contributed by atoms with E-state index in [1.807, 2.05) is 19.1 Å². The number of phenolic OH excluding ortho intramolecular Hbond substituents is 2. The van der Waals surface area contributed by atoms with E-state index in [0.717, 1.165) is 55.4 Å². The molecule has 8 N–H and O–H groups in total. The third-order valence-electron chi connectivity index (χ3n) is 13.0. The van der Waals surface area contributed by atoms with Crippen molar-refractivity contribution in [3.8, 4) is 11.5 Å². The number of thiocarbonyl (C=S) groups is 1. The second-order valence-electron chi connectivity index (χ2n) is 17.7. The van der Waals surface area contributed by atoms with Crippen molar-refractivity contribution in [1.82, 2.24) is 14.8 Å². The van der Waals surface area contributed by atoms with E-state index in [9.17, 15) is 14.7 Å². The van der Waals surface area contributed by atoms with Crippen LogP contribution < -0.4 is 31.9 Å². The zero-order valence-corrected chi connectivity index (χ0v) is 45.9. The molecule has 4 aliphatic rings. The molecule has 1 atom stereocenters. The molecule has 0 spiro atoms. The zero-order valence-electron chi connectivity index (χ0n) is 40.5. The fraction of sp³-hybridized carbons (Fsp3) is 0.404. The van der Waals surface area contributed by atoms with Crippen LogP contribution in [0.25, 0.3) is 0 Å². The normalized spacial score (nSPS) is 16.8. The van der Waals surface area contributed by atoms with Gasteiger partial charge < -0.3 is 51.9 Å². The number of amidine groups is 1. The van der Waals surface area contributed by atoms with Crippen LogP contribution in [-0.2, 0) is 0 Å². The standard InChI is InChI=1S/C25H29N5O2S.C19H29N5S2.C8H7BrO2.H3P/c26-24-23(22(32)17-4-3-5-21(31)16-17)33-25(28-24)27-18-6-8-19(9-7-18)30-14-10-20(11-15-30)29-12-1-2-13-29;1-2-26-18(20)22-19(25)21-15-5-7-16(8-6-15)24-13-9-17(10-14-24)23-11-3-4-12-23;9-5-8(11)6-2-1-3-7(10)4-6;/h3-9,16,20,31H,1-2,10-15,26H2,(H,27,28);5-8,17H,2-4,9-14H2,1H3,(H3,20,21,22,25);1-4,10H,5H2;1H3. The molecule has 0 amide bonds. The van der Waals surface area contributed by atoms with Crippen LogP contribution in [0.5, 0.6) is 11.5 Å². The van der Waals surface area contributed by atoms with Gasteiger partial charge >= 0.3 is 0 Å². The van der Waals surface area contributed by atoms with Gasteiger partial charge in [-0.1, -0.05) is 70.2 Å². The third-order valence-corrected chi connectivity index (χ3v) is 15.3. The van der Waals surface area contributed by atoms with Gasteiger partial charge in [0.25, 0.3) is 0 Å². The van der Waals surface area contributed by atoms with Gasteiger partial charge in [0.2, 0.25) is 5.78 Å². The number of aromatic hydroxyl groups is 2. The Morgan fingerprint density at radius 2 is 1.24 bits per heavy atom. The summed E-state index contributed by atoms with van der Waals surface area (Å²) >= 11 is 11.0. The highest BCUT2D eigenvalue weighted by molar-refractivity contribution is 9.09. The number of likely N-dealkylation sites (tertiary alicyclic amines) is 2. The maximum atomic E-state index is 12.8. The molecule has 0 radical (unpaired) electrons. The van der Waals surface area contributed by atoms with Crippen LogP contribution in [0.2, 0.25) is 0 Å². The topological polar surface area (TPSA) is 189 Å². The number of halogens is 1. The van der Waals surface area contributed by atoms with Crippen LogP contribution in [0.3, 0.4) is 0 Å². The number of ketones is 2. The number of phenols is 2. The minimum absolute atomic E-state index is 0. The Balaban J connectivity index is 0.000000193. The van der Waals surface area contributed by atoms with Gasteiger partial charge in [0.1, 0.15) is 22.2 Å². The fourth-order valence-corrected chi connectivity index (χ4v) is 11.3. The van der Waals surface area contributed by atoms with Gasteiger partial charge in [-0.25, -0.2) is 4.98 Å². The number of carbonyl (C=O) groups is 2. The van der Waals surface area contributed by atoms with Crippen LogP contribution in [0, 0.1) is 0 Å². The smallest absolute Gasteiger partial charge is 0.206 e. The predicted molar refractivity (Wildman–Crippen MR) is 310 cm³/mol. The van der Waals surface area contributed by atoms with Crippen LogP contribution in [0.4, 0.5) is 33.7 Å². The van der Waals surface area contributed by atoms with Gasteiger partial charge in [-0.2, -0.15) is 14.9 Å². The first-order valence-electron chi connectivity index (χ1n) is 24.2. The van der Waals surface area contributed by atoms with Crippen molar-refractivity contribution in [2.75, 3.05) is 89.6 Å². The highest BCUT2D eigenvalue weighted by Gasteiger charge is 2.28. The number of benzene rings is 4. The summed E-state index contributed by atoms with van der Waals surface area (Å²) in [6.07, 6.45) is 10.5. The first-order chi connectivity index (χ1) is 34.0. The van der Waals surface area contributed by atoms with Gasteiger partial charge in [0.05, 0.1) is 5.33 Å². The lowest BCUT2D eigenvalue weighted by Crippen LogP contribution is -2.43. The van der Waals surface area contributed by atoms with E-state index in [1.54, 1.807) is 24.3 Å². The first kappa shape index (κ1) is 55.5. The minimum atomic E-state index is -0.248. The second-order valence-corrected chi connectivity index (χ2v) is 20.9. The molecule has 5 heterocycles. The number of thiazole rings is 1. The maximum Gasteiger partial charge on any atom is 0.206 e. The van der Waals surface area contributed by atoms with Crippen LogP contribution >= 0.6 is 61.1 Å². The summed E-state index contributed by atoms with van der Waals surface area (Å²) in [5.74, 6) is 0.969. The summed E-state index contributed by atoms with van der Waals surface area (Å²) in [7, 11) is 0. The molecule has 9 rings (SSSR count). The molecule has 1 unspecified atom stereocenters. The number of nitrogens with two attached hydrogens (primary N) is 2. The lowest BCUT2D eigenvalue weighted by Gasteiger charge is -2.37. The summed E-state index contributed by atoms with van der Waals surface area (Å²) in [5, 5.41) is 26.8. The number of carbonyl (C=O) groups excluding carboxylic acids is 2. The molecule has 4 saturated heterocycles.